The van der Waals surface area contributed by atoms with Gasteiger partial charge in [-0.3, -0.25) is 9.89 Å². The van der Waals surface area contributed by atoms with Gasteiger partial charge in [0.1, 0.15) is 0 Å². The van der Waals surface area contributed by atoms with E-state index in [2.05, 4.69) is 71.6 Å². The monoisotopic (exact) mass is 569 g/mol. The molecule has 0 amide bonds. The van der Waals surface area contributed by atoms with Crippen LogP contribution in [0, 0.1) is 0 Å². The summed E-state index contributed by atoms with van der Waals surface area (Å²) in [6, 6.07) is 11.2. The van der Waals surface area contributed by atoms with Crippen LogP contribution in [0.5, 0.6) is 0 Å². The van der Waals surface area contributed by atoms with Gasteiger partial charge in [0, 0.05) is 57.0 Å². The predicted molar refractivity (Wildman–Crippen MR) is 143 cm³/mol. The number of morpholine rings is 1. The van der Waals surface area contributed by atoms with Crippen molar-refractivity contribution in [2.75, 3.05) is 39.3 Å². The highest BCUT2D eigenvalue weighted by Gasteiger charge is 2.41. The van der Waals surface area contributed by atoms with Gasteiger partial charge in [0.05, 0.1) is 29.5 Å². The quantitative estimate of drug-likeness (QED) is 0.311. The van der Waals surface area contributed by atoms with E-state index in [1.54, 1.807) is 11.3 Å². The fourth-order valence-electron chi connectivity index (χ4n) is 4.35. The molecule has 3 heterocycles. The normalized spacial score (nSPS) is 21.5. The van der Waals surface area contributed by atoms with E-state index >= 15 is 0 Å². The molecular formula is C24H36IN5OS. The number of rotatable bonds is 7. The Morgan fingerprint density at radius 2 is 2.09 bits per heavy atom. The number of likely N-dealkylation sites (tertiary alicyclic amines) is 1. The summed E-state index contributed by atoms with van der Waals surface area (Å²) in [5, 5.41) is 6.88. The number of fused-ring (bicyclic) bond motifs is 1. The summed E-state index contributed by atoms with van der Waals surface area (Å²) in [6.07, 6.45) is 1.13. The first kappa shape index (κ1) is 25.4. The predicted octanol–water partition coefficient (Wildman–Crippen LogP) is 3.98. The van der Waals surface area contributed by atoms with Crippen molar-refractivity contribution in [3.05, 3.63) is 52.0 Å². The molecule has 2 unspecified atom stereocenters. The number of aromatic nitrogens is 1. The maximum absolute atomic E-state index is 6.15. The number of halogens is 1. The van der Waals surface area contributed by atoms with Gasteiger partial charge in [-0.1, -0.05) is 44.2 Å². The van der Waals surface area contributed by atoms with E-state index in [4.69, 9.17) is 14.7 Å². The van der Waals surface area contributed by atoms with E-state index in [0.29, 0.717) is 12.0 Å². The molecule has 0 aliphatic carbocycles. The van der Waals surface area contributed by atoms with Crippen LogP contribution in [0.3, 0.4) is 0 Å². The molecule has 2 aliphatic rings. The zero-order valence-corrected chi connectivity index (χ0v) is 22.5. The van der Waals surface area contributed by atoms with Crippen molar-refractivity contribution in [2.24, 2.45) is 4.99 Å². The summed E-state index contributed by atoms with van der Waals surface area (Å²) in [4.78, 5) is 14.6. The highest BCUT2D eigenvalue weighted by atomic mass is 127. The van der Waals surface area contributed by atoms with Crippen LogP contribution in [0.25, 0.3) is 0 Å². The molecule has 1 N–H and O–H groups in total. The summed E-state index contributed by atoms with van der Waals surface area (Å²) in [7, 11) is 0. The number of nitrogens with one attached hydrogen (secondary N) is 1. The maximum atomic E-state index is 6.15. The number of nitrogens with zero attached hydrogens (tertiary/aromatic N) is 4. The Balaban J connectivity index is 0.00000289. The lowest BCUT2D eigenvalue weighted by molar-refractivity contribution is -0.0502. The second kappa shape index (κ2) is 12.3. The van der Waals surface area contributed by atoms with Gasteiger partial charge in [0.25, 0.3) is 0 Å². The minimum absolute atomic E-state index is 0. The van der Waals surface area contributed by atoms with Crippen LogP contribution in [0.1, 0.15) is 43.0 Å². The molecule has 1 aromatic carbocycles. The molecule has 4 rings (SSSR count). The minimum Gasteiger partial charge on any atom is -0.373 e. The molecule has 8 heteroatoms. The van der Waals surface area contributed by atoms with Gasteiger partial charge in [0.2, 0.25) is 0 Å². The van der Waals surface area contributed by atoms with Gasteiger partial charge < -0.3 is 15.0 Å². The zero-order valence-electron chi connectivity index (χ0n) is 19.4. The zero-order chi connectivity index (χ0) is 21.6. The second-order valence-electron chi connectivity index (χ2n) is 8.66. The number of aliphatic imine (C=N–C) groups is 1. The third kappa shape index (κ3) is 6.42. The first-order valence-corrected chi connectivity index (χ1v) is 12.4. The van der Waals surface area contributed by atoms with E-state index in [1.807, 2.05) is 0 Å². The average Bonchev–Trinajstić information content (AvgIpc) is 3.42. The number of ether oxygens (including phenoxy) is 1. The minimum atomic E-state index is 0. The number of hydrogen-bond acceptors (Lipinski definition) is 5. The van der Waals surface area contributed by atoms with Crippen LogP contribution in [-0.4, -0.2) is 72.2 Å². The van der Waals surface area contributed by atoms with Crippen molar-refractivity contribution in [2.45, 2.75) is 51.8 Å². The Hall–Kier alpha value is -1.23. The third-order valence-electron chi connectivity index (χ3n) is 5.97. The smallest absolute Gasteiger partial charge is 0.194 e. The molecule has 2 saturated heterocycles. The first-order chi connectivity index (χ1) is 15.1. The highest BCUT2D eigenvalue weighted by Crippen LogP contribution is 2.25. The van der Waals surface area contributed by atoms with E-state index in [0.717, 1.165) is 63.9 Å². The molecule has 0 radical (unpaired) electrons. The molecular weight excluding hydrogens is 533 g/mol. The molecule has 176 valence electrons. The summed E-state index contributed by atoms with van der Waals surface area (Å²) >= 11 is 1.76. The number of hydrogen-bond donors (Lipinski definition) is 1. The van der Waals surface area contributed by atoms with Gasteiger partial charge in [-0.2, -0.15) is 0 Å². The Morgan fingerprint density at radius 3 is 2.81 bits per heavy atom. The van der Waals surface area contributed by atoms with Crippen LogP contribution < -0.4 is 5.32 Å². The molecule has 0 bridgehead atoms. The summed E-state index contributed by atoms with van der Waals surface area (Å²) in [5.41, 5.74) is 2.52. The molecule has 1 aromatic heterocycles. The standard InChI is InChI=1S/C24H35N5OS.HI/c1-4-25-24(26-11-10-20-17-31-23(27-20)18(2)3)29-15-21-22(16-29)30-13-12-28(21)14-19-8-6-5-7-9-19;/h5-9,17-18,21-22H,4,10-16H2,1-3H3,(H,25,26);1H. The molecule has 2 aromatic rings. The number of thiazole rings is 1. The first-order valence-electron chi connectivity index (χ1n) is 11.5. The Kier molecular flexibility index (Phi) is 9.76. The summed E-state index contributed by atoms with van der Waals surface area (Å²) in [5.74, 6) is 1.49. The number of guanidine groups is 1. The Morgan fingerprint density at radius 1 is 1.28 bits per heavy atom. The van der Waals surface area contributed by atoms with Crippen LogP contribution in [-0.2, 0) is 17.7 Å². The van der Waals surface area contributed by atoms with Crippen molar-refractivity contribution in [1.82, 2.24) is 20.1 Å². The lowest BCUT2D eigenvalue weighted by Crippen LogP contribution is -2.50. The molecule has 32 heavy (non-hydrogen) atoms. The van der Waals surface area contributed by atoms with Crippen LogP contribution >= 0.6 is 35.3 Å². The summed E-state index contributed by atoms with van der Waals surface area (Å²) in [6.45, 7) is 12.8. The number of benzene rings is 1. The van der Waals surface area contributed by atoms with Crippen molar-refractivity contribution in [1.29, 1.82) is 0 Å². The molecule has 0 spiro atoms. The van der Waals surface area contributed by atoms with Gasteiger partial charge in [-0.05, 0) is 12.5 Å². The summed E-state index contributed by atoms with van der Waals surface area (Å²) < 4.78 is 6.15. The lowest BCUT2D eigenvalue weighted by atomic mass is 10.1. The Labute approximate surface area is 213 Å². The molecule has 6 nitrogen and oxygen atoms in total. The van der Waals surface area contributed by atoms with Gasteiger partial charge in [0.15, 0.2) is 5.96 Å². The second-order valence-corrected chi connectivity index (χ2v) is 9.54. The molecule has 2 fully saturated rings. The van der Waals surface area contributed by atoms with Crippen molar-refractivity contribution in [3.8, 4) is 0 Å². The van der Waals surface area contributed by atoms with Crippen molar-refractivity contribution in [3.63, 3.8) is 0 Å². The van der Waals surface area contributed by atoms with Crippen molar-refractivity contribution >= 4 is 41.3 Å². The van der Waals surface area contributed by atoms with E-state index < -0.39 is 0 Å². The maximum Gasteiger partial charge on any atom is 0.194 e. The fourth-order valence-corrected chi connectivity index (χ4v) is 5.22. The average molecular weight is 570 g/mol. The van der Waals surface area contributed by atoms with E-state index in [-0.39, 0.29) is 30.1 Å². The third-order valence-corrected chi connectivity index (χ3v) is 7.17. The van der Waals surface area contributed by atoms with Crippen LogP contribution in [0.4, 0.5) is 0 Å². The largest absolute Gasteiger partial charge is 0.373 e. The lowest BCUT2D eigenvalue weighted by Gasteiger charge is -2.36. The molecule has 0 saturated carbocycles. The van der Waals surface area contributed by atoms with Gasteiger partial charge in [-0.15, -0.1) is 35.3 Å². The Bertz CT molecular complexity index is 859. The SMILES string of the molecule is CCNC(=NCCc1csc(C(C)C)n1)N1CC2OCCN(Cc3ccccc3)C2C1.I. The molecule has 2 aliphatic heterocycles. The highest BCUT2D eigenvalue weighted by molar-refractivity contribution is 14.0. The van der Waals surface area contributed by atoms with Gasteiger partial charge in [-0.25, -0.2) is 4.98 Å². The van der Waals surface area contributed by atoms with E-state index in [1.165, 1.54) is 10.6 Å². The van der Waals surface area contributed by atoms with E-state index in [9.17, 15) is 0 Å². The van der Waals surface area contributed by atoms with Gasteiger partial charge >= 0.3 is 0 Å². The molecule has 2 atom stereocenters. The van der Waals surface area contributed by atoms with Crippen molar-refractivity contribution < 1.29 is 4.74 Å². The topological polar surface area (TPSA) is 53.0 Å². The van der Waals surface area contributed by atoms with Crippen LogP contribution in [0.15, 0.2) is 40.7 Å². The van der Waals surface area contributed by atoms with Crippen LogP contribution in [0.2, 0.25) is 0 Å². The fraction of sp³-hybridized carbons (Fsp3) is 0.583.